The van der Waals surface area contributed by atoms with Gasteiger partial charge >= 0.3 is 0 Å². The van der Waals surface area contributed by atoms with Crippen molar-refractivity contribution in [3.8, 4) is 5.88 Å². The second kappa shape index (κ2) is 8.02. The number of hydrogen-bond donors (Lipinski definition) is 2. The van der Waals surface area contributed by atoms with Crippen LogP contribution in [0.2, 0.25) is 0 Å². The number of fused-ring (bicyclic) bond motifs is 1. The fraction of sp³-hybridized carbons (Fsp3) is 0.391. The van der Waals surface area contributed by atoms with Gasteiger partial charge in [-0.3, -0.25) is 14.0 Å². The van der Waals surface area contributed by atoms with Gasteiger partial charge in [0.1, 0.15) is 23.0 Å². The van der Waals surface area contributed by atoms with E-state index >= 15 is 0 Å². The summed E-state index contributed by atoms with van der Waals surface area (Å²) in [5.41, 5.74) is 8.36. The highest BCUT2D eigenvalue weighted by atomic mass is 16.5. The number of hydrogen-bond acceptors (Lipinski definition) is 5. The smallest absolute Gasteiger partial charge is 0.270 e. The van der Waals surface area contributed by atoms with Crippen LogP contribution in [0, 0.1) is 0 Å². The normalized spacial score (nSPS) is 21.0. The molecule has 3 aromatic heterocycles. The lowest BCUT2D eigenvalue weighted by atomic mass is 9.93. The third kappa shape index (κ3) is 3.97. The van der Waals surface area contributed by atoms with Gasteiger partial charge in [0.05, 0.1) is 6.20 Å². The van der Waals surface area contributed by atoms with Crippen molar-refractivity contribution in [1.29, 1.82) is 0 Å². The highest BCUT2D eigenvalue weighted by Crippen LogP contribution is 2.41. The first-order chi connectivity index (χ1) is 15.1. The van der Waals surface area contributed by atoms with Crippen molar-refractivity contribution in [2.75, 3.05) is 0 Å². The number of nitrogens with zero attached hydrogens (tertiary/aromatic N) is 3. The molecule has 2 saturated carbocycles. The first-order valence-corrected chi connectivity index (χ1v) is 10.8. The molecule has 0 unspecified atom stereocenters. The topological polar surface area (TPSA) is 112 Å². The summed E-state index contributed by atoms with van der Waals surface area (Å²) in [7, 11) is 0. The van der Waals surface area contributed by atoms with E-state index in [1.807, 2.05) is 16.7 Å². The van der Waals surface area contributed by atoms with Crippen LogP contribution < -0.4 is 15.8 Å². The largest absolute Gasteiger partial charge is 0.474 e. The van der Waals surface area contributed by atoms with Crippen LogP contribution in [-0.4, -0.2) is 38.3 Å². The number of pyridine rings is 2. The number of imidazole rings is 1. The van der Waals surface area contributed by atoms with E-state index in [4.69, 9.17) is 10.5 Å². The van der Waals surface area contributed by atoms with Crippen molar-refractivity contribution in [3.63, 3.8) is 0 Å². The third-order valence-corrected chi connectivity index (χ3v) is 6.14. The van der Waals surface area contributed by atoms with E-state index < -0.39 is 5.91 Å². The molecule has 2 amide bonds. The summed E-state index contributed by atoms with van der Waals surface area (Å²) in [4.78, 5) is 33.1. The molecule has 5 rings (SSSR count). The Kier molecular flexibility index (Phi) is 5.05. The van der Waals surface area contributed by atoms with E-state index in [-0.39, 0.29) is 29.5 Å². The van der Waals surface area contributed by atoms with E-state index in [2.05, 4.69) is 21.4 Å². The van der Waals surface area contributed by atoms with Gasteiger partial charge in [-0.2, -0.15) is 0 Å². The number of carbonyl (C=O) groups is 2. The summed E-state index contributed by atoms with van der Waals surface area (Å²) in [5.74, 6) is 0.193. The number of nitrogens with one attached hydrogen (secondary N) is 1. The number of primary amides is 1. The van der Waals surface area contributed by atoms with E-state index in [1.54, 1.807) is 24.5 Å². The van der Waals surface area contributed by atoms with Crippen LogP contribution >= 0.6 is 0 Å². The number of ether oxygens (including phenoxy) is 1. The van der Waals surface area contributed by atoms with Crippen molar-refractivity contribution in [3.05, 3.63) is 59.7 Å². The Morgan fingerprint density at radius 1 is 1.06 bits per heavy atom. The fourth-order valence-electron chi connectivity index (χ4n) is 4.33. The second-order valence-electron chi connectivity index (χ2n) is 8.36. The summed E-state index contributed by atoms with van der Waals surface area (Å²) in [6.07, 6.45) is 10.6. The van der Waals surface area contributed by atoms with Gasteiger partial charge < -0.3 is 15.8 Å². The molecule has 0 atom stereocenters. The molecule has 0 radical (unpaired) electrons. The van der Waals surface area contributed by atoms with Crippen LogP contribution in [0.3, 0.4) is 0 Å². The van der Waals surface area contributed by atoms with Crippen LogP contribution in [0.1, 0.15) is 70.9 Å². The lowest BCUT2D eigenvalue weighted by molar-refractivity contribution is 0.0876. The van der Waals surface area contributed by atoms with Crippen molar-refractivity contribution < 1.29 is 14.3 Å². The fourth-order valence-corrected chi connectivity index (χ4v) is 4.33. The van der Waals surface area contributed by atoms with Crippen molar-refractivity contribution >= 4 is 17.5 Å². The average molecular weight is 419 g/mol. The Labute approximate surface area is 179 Å². The Bertz CT molecular complexity index is 1130. The van der Waals surface area contributed by atoms with Crippen LogP contribution in [0.5, 0.6) is 5.88 Å². The molecule has 3 aromatic rings. The molecule has 3 N–H and O–H groups in total. The predicted molar refractivity (Wildman–Crippen MR) is 114 cm³/mol. The lowest BCUT2D eigenvalue weighted by Crippen LogP contribution is -2.40. The Morgan fingerprint density at radius 3 is 2.61 bits per heavy atom. The lowest BCUT2D eigenvalue weighted by Gasteiger charge is -2.29. The first-order valence-electron chi connectivity index (χ1n) is 10.8. The molecule has 160 valence electrons. The number of nitrogens with two attached hydrogens (primary N) is 1. The van der Waals surface area contributed by atoms with Gasteiger partial charge in [-0.25, -0.2) is 9.97 Å². The SMILES string of the molecule is NC(=O)c1cccnc1O[C@H]1CC[C@H](NC(=O)c2cnc3c(C4CC4)cccn23)CC1. The van der Waals surface area contributed by atoms with Crippen molar-refractivity contribution in [2.24, 2.45) is 5.73 Å². The molecular weight excluding hydrogens is 394 g/mol. The molecule has 8 nitrogen and oxygen atoms in total. The summed E-state index contributed by atoms with van der Waals surface area (Å²) in [6, 6.07) is 7.44. The van der Waals surface area contributed by atoms with Crippen molar-refractivity contribution in [2.45, 2.75) is 56.6 Å². The quantitative estimate of drug-likeness (QED) is 0.638. The minimum absolute atomic E-state index is 0.0574. The third-order valence-electron chi connectivity index (χ3n) is 6.14. The number of aromatic nitrogens is 3. The molecule has 0 bridgehead atoms. The van der Waals surface area contributed by atoms with Gasteiger partial charge in [0.25, 0.3) is 11.8 Å². The summed E-state index contributed by atoms with van der Waals surface area (Å²) in [5, 5.41) is 3.15. The molecule has 8 heteroatoms. The minimum atomic E-state index is -0.554. The summed E-state index contributed by atoms with van der Waals surface area (Å²) >= 11 is 0. The highest BCUT2D eigenvalue weighted by Gasteiger charge is 2.29. The van der Waals surface area contributed by atoms with E-state index in [9.17, 15) is 9.59 Å². The number of carbonyl (C=O) groups excluding carboxylic acids is 2. The van der Waals surface area contributed by atoms with E-state index in [0.29, 0.717) is 11.6 Å². The van der Waals surface area contributed by atoms with Crippen molar-refractivity contribution in [1.82, 2.24) is 19.7 Å². The van der Waals surface area contributed by atoms with Crippen LogP contribution in [-0.2, 0) is 0 Å². The zero-order chi connectivity index (χ0) is 21.4. The molecule has 2 aliphatic rings. The molecular formula is C23H25N5O3. The first kappa shape index (κ1) is 19.5. The highest BCUT2D eigenvalue weighted by molar-refractivity contribution is 5.95. The molecule has 2 aliphatic carbocycles. The van der Waals surface area contributed by atoms with Crippen LogP contribution in [0.25, 0.3) is 5.65 Å². The summed E-state index contributed by atoms with van der Waals surface area (Å²) < 4.78 is 7.83. The van der Waals surface area contributed by atoms with Crippen LogP contribution in [0.4, 0.5) is 0 Å². The van der Waals surface area contributed by atoms with Gasteiger partial charge in [0.2, 0.25) is 5.88 Å². The monoisotopic (exact) mass is 419 g/mol. The maximum Gasteiger partial charge on any atom is 0.270 e. The van der Waals surface area contributed by atoms with Gasteiger partial charge in [0.15, 0.2) is 0 Å². The Hall–Kier alpha value is -3.42. The van der Waals surface area contributed by atoms with Crippen LogP contribution in [0.15, 0.2) is 42.9 Å². The zero-order valence-corrected chi connectivity index (χ0v) is 17.2. The van der Waals surface area contributed by atoms with Gasteiger partial charge in [-0.1, -0.05) is 6.07 Å². The maximum absolute atomic E-state index is 12.9. The predicted octanol–water partition coefficient (Wildman–Crippen LogP) is 2.83. The maximum atomic E-state index is 12.9. The molecule has 31 heavy (non-hydrogen) atoms. The molecule has 0 aliphatic heterocycles. The average Bonchev–Trinajstić information content (AvgIpc) is 3.53. The molecule has 0 aromatic carbocycles. The Balaban J connectivity index is 1.20. The summed E-state index contributed by atoms with van der Waals surface area (Å²) in [6.45, 7) is 0. The Morgan fingerprint density at radius 2 is 1.87 bits per heavy atom. The molecule has 0 saturated heterocycles. The van der Waals surface area contributed by atoms with Gasteiger partial charge in [-0.05, 0) is 68.2 Å². The molecule has 0 spiro atoms. The van der Waals surface area contributed by atoms with E-state index in [0.717, 1.165) is 31.3 Å². The van der Waals surface area contributed by atoms with Gasteiger partial charge in [-0.15, -0.1) is 0 Å². The number of rotatable bonds is 6. The number of amides is 2. The standard InChI is InChI=1S/C23H25N5O3/c24-20(29)18-3-1-11-25-23(18)31-16-9-7-15(8-10-16)27-22(30)19-13-26-21-17(14-5-6-14)4-2-12-28(19)21/h1-4,11-16H,5-10H2,(H2,24,29)(H,27,30)/t15-,16-. The second-order valence-corrected chi connectivity index (χ2v) is 8.36. The minimum Gasteiger partial charge on any atom is -0.474 e. The zero-order valence-electron chi connectivity index (χ0n) is 17.2. The van der Waals surface area contributed by atoms with E-state index in [1.165, 1.54) is 18.4 Å². The molecule has 3 heterocycles. The van der Waals surface area contributed by atoms with Gasteiger partial charge in [0, 0.05) is 18.4 Å². The molecule has 2 fully saturated rings.